The third kappa shape index (κ3) is 2.93. The van der Waals surface area contributed by atoms with Crippen LogP contribution in [0.4, 0.5) is 0 Å². The van der Waals surface area contributed by atoms with E-state index in [0.717, 1.165) is 31.2 Å². The van der Waals surface area contributed by atoms with Gasteiger partial charge >= 0.3 is 0 Å². The second kappa shape index (κ2) is 5.93. The van der Waals surface area contributed by atoms with E-state index in [4.69, 9.17) is 10.5 Å². The van der Waals surface area contributed by atoms with E-state index in [2.05, 4.69) is 23.5 Å². The van der Waals surface area contributed by atoms with Crippen molar-refractivity contribution in [1.82, 2.24) is 5.32 Å². The van der Waals surface area contributed by atoms with Gasteiger partial charge in [0.1, 0.15) is 5.75 Å². The van der Waals surface area contributed by atoms with E-state index < -0.39 is 0 Å². The predicted molar refractivity (Wildman–Crippen MR) is 77.4 cm³/mol. The van der Waals surface area contributed by atoms with Crippen molar-refractivity contribution in [2.24, 2.45) is 11.7 Å². The molecule has 1 aliphatic heterocycles. The predicted octanol–water partition coefficient (Wildman–Crippen LogP) is 2.40. The van der Waals surface area contributed by atoms with Gasteiger partial charge < -0.3 is 15.8 Å². The average molecular weight is 260 g/mol. The monoisotopic (exact) mass is 260 g/mol. The third-order valence-corrected chi connectivity index (χ3v) is 4.52. The molecule has 1 heterocycles. The fraction of sp³-hybridized carbons (Fsp3) is 0.625. The van der Waals surface area contributed by atoms with Crippen LogP contribution in [0, 0.1) is 5.92 Å². The maximum Gasteiger partial charge on any atom is 0.122 e. The van der Waals surface area contributed by atoms with E-state index in [1.54, 1.807) is 0 Å². The van der Waals surface area contributed by atoms with Crippen LogP contribution in [0.15, 0.2) is 18.2 Å². The minimum atomic E-state index is 0.283. The Morgan fingerprint density at radius 2 is 2.26 bits per heavy atom. The molecule has 3 heteroatoms. The first-order valence-corrected chi connectivity index (χ1v) is 7.56. The van der Waals surface area contributed by atoms with Gasteiger partial charge in [-0.05, 0) is 36.1 Å². The van der Waals surface area contributed by atoms with Crippen molar-refractivity contribution in [2.75, 3.05) is 19.7 Å². The third-order valence-electron chi connectivity index (χ3n) is 4.52. The first kappa shape index (κ1) is 12.9. The summed E-state index contributed by atoms with van der Waals surface area (Å²) in [6, 6.07) is 6.79. The standard InChI is InChI=1S/C16H24N2O/c17-11-15(18-8-6-12-2-1-3-12)13-4-5-16-14(10-13)7-9-19-16/h4-5,10,12,15,18H,1-3,6-9,11,17H2. The first-order valence-electron chi connectivity index (χ1n) is 7.56. The summed E-state index contributed by atoms with van der Waals surface area (Å²) in [6.07, 6.45) is 6.60. The molecule has 0 radical (unpaired) electrons. The van der Waals surface area contributed by atoms with E-state index in [9.17, 15) is 0 Å². The molecule has 1 unspecified atom stereocenters. The lowest BCUT2D eigenvalue weighted by Crippen LogP contribution is -2.30. The lowest BCUT2D eigenvalue weighted by atomic mass is 9.83. The maximum atomic E-state index is 5.92. The Balaban J connectivity index is 1.57. The number of rotatable bonds is 6. The zero-order valence-electron chi connectivity index (χ0n) is 11.5. The Hall–Kier alpha value is -1.06. The van der Waals surface area contributed by atoms with E-state index in [1.165, 1.54) is 36.8 Å². The minimum Gasteiger partial charge on any atom is -0.493 e. The summed E-state index contributed by atoms with van der Waals surface area (Å²) in [5, 5.41) is 3.61. The summed E-state index contributed by atoms with van der Waals surface area (Å²) in [4.78, 5) is 0. The van der Waals surface area contributed by atoms with Crippen molar-refractivity contribution < 1.29 is 4.74 Å². The van der Waals surface area contributed by atoms with Gasteiger partial charge in [0, 0.05) is 19.0 Å². The van der Waals surface area contributed by atoms with Crippen LogP contribution in [0.1, 0.15) is 42.9 Å². The van der Waals surface area contributed by atoms with Crippen molar-refractivity contribution in [3.63, 3.8) is 0 Å². The number of hydrogen-bond acceptors (Lipinski definition) is 3. The zero-order chi connectivity index (χ0) is 13.1. The van der Waals surface area contributed by atoms with Crippen LogP contribution in [0.25, 0.3) is 0 Å². The maximum absolute atomic E-state index is 5.92. The molecule has 1 atom stereocenters. The van der Waals surface area contributed by atoms with Gasteiger partial charge in [-0.3, -0.25) is 0 Å². The largest absolute Gasteiger partial charge is 0.493 e. The quantitative estimate of drug-likeness (QED) is 0.825. The Bertz CT molecular complexity index is 429. The lowest BCUT2D eigenvalue weighted by molar-refractivity contribution is 0.288. The van der Waals surface area contributed by atoms with Crippen LogP contribution in [-0.4, -0.2) is 19.7 Å². The summed E-state index contributed by atoms with van der Waals surface area (Å²) in [7, 11) is 0. The molecule has 1 fully saturated rings. The van der Waals surface area contributed by atoms with Crippen LogP contribution >= 0.6 is 0 Å². The molecule has 3 rings (SSSR count). The SMILES string of the molecule is NCC(NCCC1CCC1)c1ccc2c(c1)CCO2. The molecule has 3 N–H and O–H groups in total. The summed E-state index contributed by atoms with van der Waals surface area (Å²) in [5.41, 5.74) is 8.56. The molecule has 1 saturated carbocycles. The molecule has 2 aliphatic rings. The fourth-order valence-electron chi connectivity index (χ4n) is 3.00. The molecule has 0 bridgehead atoms. The fourth-order valence-corrected chi connectivity index (χ4v) is 3.00. The van der Waals surface area contributed by atoms with Crippen molar-refractivity contribution in [1.29, 1.82) is 0 Å². The summed E-state index contributed by atoms with van der Waals surface area (Å²) in [6.45, 7) is 2.56. The molecule has 0 saturated heterocycles. The number of nitrogens with two attached hydrogens (primary N) is 1. The molecule has 1 aromatic carbocycles. The molecule has 3 nitrogen and oxygen atoms in total. The molecule has 0 spiro atoms. The highest BCUT2D eigenvalue weighted by Gasteiger charge is 2.19. The van der Waals surface area contributed by atoms with Crippen LogP contribution in [0.3, 0.4) is 0 Å². The molecule has 104 valence electrons. The van der Waals surface area contributed by atoms with Gasteiger partial charge in [-0.2, -0.15) is 0 Å². The van der Waals surface area contributed by atoms with Gasteiger partial charge in [-0.25, -0.2) is 0 Å². The molecule has 1 aromatic rings. The van der Waals surface area contributed by atoms with Crippen molar-refractivity contribution >= 4 is 0 Å². The van der Waals surface area contributed by atoms with Crippen molar-refractivity contribution in [2.45, 2.75) is 38.1 Å². The first-order chi connectivity index (χ1) is 9.36. The Kier molecular flexibility index (Phi) is 4.04. The average Bonchev–Trinajstić information content (AvgIpc) is 2.84. The summed E-state index contributed by atoms with van der Waals surface area (Å²) >= 11 is 0. The van der Waals surface area contributed by atoms with Crippen LogP contribution < -0.4 is 15.8 Å². The molecule has 19 heavy (non-hydrogen) atoms. The van der Waals surface area contributed by atoms with E-state index in [1.807, 2.05) is 0 Å². The van der Waals surface area contributed by atoms with Gasteiger partial charge in [0.25, 0.3) is 0 Å². The van der Waals surface area contributed by atoms with Crippen molar-refractivity contribution in [3.8, 4) is 5.75 Å². The number of ether oxygens (including phenoxy) is 1. The zero-order valence-corrected chi connectivity index (χ0v) is 11.5. The Morgan fingerprint density at radius 1 is 1.37 bits per heavy atom. The summed E-state index contributed by atoms with van der Waals surface area (Å²) < 4.78 is 5.55. The van der Waals surface area contributed by atoms with Gasteiger partial charge in [0.15, 0.2) is 0 Å². The van der Waals surface area contributed by atoms with Crippen LogP contribution in [0.5, 0.6) is 5.75 Å². The van der Waals surface area contributed by atoms with Crippen molar-refractivity contribution in [3.05, 3.63) is 29.3 Å². The van der Waals surface area contributed by atoms with E-state index >= 15 is 0 Å². The highest BCUT2D eigenvalue weighted by molar-refractivity contribution is 5.40. The molecule has 0 amide bonds. The molecular weight excluding hydrogens is 236 g/mol. The lowest BCUT2D eigenvalue weighted by Gasteiger charge is -2.26. The topological polar surface area (TPSA) is 47.3 Å². The van der Waals surface area contributed by atoms with E-state index in [0.29, 0.717) is 6.54 Å². The Labute approximate surface area is 115 Å². The Morgan fingerprint density at radius 3 is 3.00 bits per heavy atom. The second-order valence-corrected chi connectivity index (χ2v) is 5.79. The van der Waals surface area contributed by atoms with Gasteiger partial charge in [0.2, 0.25) is 0 Å². The number of hydrogen-bond donors (Lipinski definition) is 2. The van der Waals surface area contributed by atoms with Crippen LogP contribution in [0.2, 0.25) is 0 Å². The number of nitrogens with one attached hydrogen (secondary N) is 1. The highest BCUT2D eigenvalue weighted by atomic mass is 16.5. The number of benzene rings is 1. The molecule has 1 aliphatic carbocycles. The molecular formula is C16H24N2O. The van der Waals surface area contributed by atoms with Crippen LogP contribution in [-0.2, 0) is 6.42 Å². The highest BCUT2D eigenvalue weighted by Crippen LogP contribution is 2.30. The van der Waals surface area contributed by atoms with Gasteiger partial charge in [-0.1, -0.05) is 31.4 Å². The van der Waals surface area contributed by atoms with Gasteiger partial charge in [-0.15, -0.1) is 0 Å². The molecule has 0 aromatic heterocycles. The second-order valence-electron chi connectivity index (χ2n) is 5.79. The minimum absolute atomic E-state index is 0.283. The van der Waals surface area contributed by atoms with E-state index in [-0.39, 0.29) is 6.04 Å². The normalized spacial score (nSPS) is 19.6. The summed E-state index contributed by atoms with van der Waals surface area (Å²) in [5.74, 6) is 2.01. The smallest absolute Gasteiger partial charge is 0.122 e. The number of fused-ring (bicyclic) bond motifs is 1. The van der Waals surface area contributed by atoms with Gasteiger partial charge in [0.05, 0.1) is 6.61 Å².